The Balaban J connectivity index is 4.15. The highest BCUT2D eigenvalue weighted by atomic mass is 16.4. The molecule has 68 valence electrons. The summed E-state index contributed by atoms with van der Waals surface area (Å²) in [5.74, 6) is -2.59. The Morgan fingerprint density at radius 3 is 2.17 bits per heavy atom. The SMILES string of the molecule is CC(C)CC(=O)C=C(O)C(=O)O. The van der Waals surface area contributed by atoms with Gasteiger partial charge in [-0.05, 0) is 5.92 Å². The summed E-state index contributed by atoms with van der Waals surface area (Å²) in [6, 6.07) is 0. The molecule has 0 aromatic rings. The molecule has 2 N–H and O–H groups in total. The van der Waals surface area contributed by atoms with Gasteiger partial charge in [-0.15, -0.1) is 0 Å². The number of carboxylic acids is 1. The summed E-state index contributed by atoms with van der Waals surface area (Å²) in [6.45, 7) is 3.67. The number of hydrogen-bond acceptors (Lipinski definition) is 3. The number of carbonyl (C=O) groups is 2. The van der Waals surface area contributed by atoms with Crippen molar-refractivity contribution in [3.05, 3.63) is 11.8 Å². The van der Waals surface area contributed by atoms with Gasteiger partial charge in [0.1, 0.15) is 0 Å². The molecule has 0 unspecified atom stereocenters. The molecule has 0 bridgehead atoms. The second kappa shape index (κ2) is 4.54. The van der Waals surface area contributed by atoms with Crippen molar-refractivity contribution in [2.75, 3.05) is 0 Å². The van der Waals surface area contributed by atoms with Crippen molar-refractivity contribution in [3.63, 3.8) is 0 Å². The van der Waals surface area contributed by atoms with Crippen LogP contribution in [0.15, 0.2) is 11.8 Å². The molecule has 0 atom stereocenters. The first kappa shape index (κ1) is 10.7. The molecule has 0 heterocycles. The quantitative estimate of drug-likeness (QED) is 0.492. The van der Waals surface area contributed by atoms with E-state index in [0.717, 1.165) is 6.08 Å². The average molecular weight is 172 g/mol. The minimum atomic E-state index is -1.48. The third-order valence-corrected chi connectivity index (χ3v) is 1.13. The minimum absolute atomic E-state index is 0.162. The first-order chi connectivity index (χ1) is 5.43. The third kappa shape index (κ3) is 4.49. The average Bonchev–Trinajstić information content (AvgIpc) is 1.84. The highest BCUT2D eigenvalue weighted by molar-refractivity contribution is 5.97. The molecule has 0 saturated carbocycles. The van der Waals surface area contributed by atoms with Gasteiger partial charge in [-0.1, -0.05) is 13.8 Å². The minimum Gasteiger partial charge on any atom is -0.502 e. The first-order valence-electron chi connectivity index (χ1n) is 3.60. The highest BCUT2D eigenvalue weighted by Gasteiger charge is 2.08. The van der Waals surface area contributed by atoms with Gasteiger partial charge in [0.25, 0.3) is 0 Å². The van der Waals surface area contributed by atoms with Gasteiger partial charge >= 0.3 is 5.97 Å². The number of aliphatic hydroxyl groups is 1. The third-order valence-electron chi connectivity index (χ3n) is 1.13. The molecule has 0 aliphatic heterocycles. The molecule has 0 radical (unpaired) electrons. The van der Waals surface area contributed by atoms with Crippen LogP contribution in [-0.4, -0.2) is 22.0 Å². The standard InChI is InChI=1S/C8H12O4/c1-5(2)3-6(9)4-7(10)8(11)12/h4-5,10H,3H2,1-2H3,(H,11,12). The highest BCUT2D eigenvalue weighted by Crippen LogP contribution is 2.02. The molecule has 0 amide bonds. The summed E-state index contributed by atoms with van der Waals surface area (Å²) in [5.41, 5.74) is 0. The maximum atomic E-state index is 10.9. The van der Waals surface area contributed by atoms with E-state index in [1.807, 2.05) is 13.8 Å². The number of carboxylic acid groups (broad SMARTS) is 1. The molecule has 0 fully saturated rings. The second-order valence-corrected chi connectivity index (χ2v) is 2.90. The smallest absolute Gasteiger partial charge is 0.371 e. The van der Waals surface area contributed by atoms with E-state index in [0.29, 0.717) is 0 Å². The molecule has 0 aliphatic rings. The number of ketones is 1. The van der Waals surface area contributed by atoms with Gasteiger partial charge in [0, 0.05) is 12.5 Å². The van der Waals surface area contributed by atoms with Crippen LogP contribution in [0.3, 0.4) is 0 Å². The topological polar surface area (TPSA) is 74.6 Å². The second-order valence-electron chi connectivity index (χ2n) is 2.90. The lowest BCUT2D eigenvalue weighted by atomic mass is 10.1. The van der Waals surface area contributed by atoms with Crippen LogP contribution < -0.4 is 0 Å². The summed E-state index contributed by atoms with van der Waals surface area (Å²) in [6.07, 6.45) is 0.986. The van der Waals surface area contributed by atoms with E-state index in [1.165, 1.54) is 0 Å². The normalized spacial score (nSPS) is 11.8. The Kier molecular flexibility index (Phi) is 4.04. The fourth-order valence-corrected chi connectivity index (χ4v) is 0.676. The number of aliphatic hydroxyl groups excluding tert-OH is 1. The van der Waals surface area contributed by atoms with Crippen molar-refractivity contribution >= 4 is 11.8 Å². The molecule has 0 spiro atoms. The summed E-state index contributed by atoms with van der Waals surface area (Å²) in [5, 5.41) is 16.8. The number of rotatable bonds is 4. The molecular formula is C8H12O4. The fraction of sp³-hybridized carbons (Fsp3) is 0.500. The van der Waals surface area contributed by atoms with E-state index in [-0.39, 0.29) is 18.1 Å². The maximum Gasteiger partial charge on any atom is 0.371 e. The summed E-state index contributed by atoms with van der Waals surface area (Å²) in [4.78, 5) is 20.9. The van der Waals surface area contributed by atoms with Gasteiger partial charge in [0.05, 0.1) is 0 Å². The zero-order valence-corrected chi connectivity index (χ0v) is 7.07. The lowest BCUT2D eigenvalue weighted by Gasteiger charge is -1.98. The van der Waals surface area contributed by atoms with Crippen LogP contribution in [0.2, 0.25) is 0 Å². The Bertz CT molecular complexity index is 215. The fourth-order valence-electron chi connectivity index (χ4n) is 0.676. The Labute approximate surface area is 70.5 Å². The van der Waals surface area contributed by atoms with Crippen LogP contribution in [0.1, 0.15) is 20.3 Å². The molecule has 0 aromatic heterocycles. The molecule has 12 heavy (non-hydrogen) atoms. The van der Waals surface area contributed by atoms with Crippen LogP contribution in [-0.2, 0) is 9.59 Å². The van der Waals surface area contributed by atoms with Crippen LogP contribution in [0.25, 0.3) is 0 Å². The Morgan fingerprint density at radius 2 is 1.83 bits per heavy atom. The van der Waals surface area contributed by atoms with Gasteiger partial charge in [0.15, 0.2) is 5.78 Å². The predicted molar refractivity (Wildman–Crippen MR) is 42.8 cm³/mol. The molecule has 0 rings (SSSR count). The number of aliphatic carboxylic acids is 1. The molecule has 0 saturated heterocycles. The lowest BCUT2D eigenvalue weighted by Crippen LogP contribution is -2.05. The van der Waals surface area contributed by atoms with Crippen molar-refractivity contribution in [2.24, 2.45) is 5.92 Å². The van der Waals surface area contributed by atoms with Crippen molar-refractivity contribution in [1.82, 2.24) is 0 Å². The van der Waals surface area contributed by atoms with Crippen LogP contribution >= 0.6 is 0 Å². The van der Waals surface area contributed by atoms with E-state index in [4.69, 9.17) is 10.2 Å². The molecule has 4 nitrogen and oxygen atoms in total. The summed E-state index contributed by atoms with van der Waals surface area (Å²) >= 11 is 0. The zero-order valence-electron chi connectivity index (χ0n) is 7.07. The van der Waals surface area contributed by atoms with E-state index in [2.05, 4.69) is 0 Å². The Hall–Kier alpha value is -1.32. The van der Waals surface area contributed by atoms with Crippen LogP contribution in [0, 0.1) is 5.92 Å². The van der Waals surface area contributed by atoms with E-state index < -0.39 is 11.7 Å². The van der Waals surface area contributed by atoms with Gasteiger partial charge in [-0.25, -0.2) is 4.79 Å². The van der Waals surface area contributed by atoms with E-state index >= 15 is 0 Å². The summed E-state index contributed by atoms with van der Waals surface area (Å²) < 4.78 is 0. The molecule has 0 aliphatic carbocycles. The van der Waals surface area contributed by atoms with Crippen molar-refractivity contribution < 1.29 is 19.8 Å². The Morgan fingerprint density at radius 1 is 1.33 bits per heavy atom. The van der Waals surface area contributed by atoms with E-state index in [9.17, 15) is 9.59 Å². The maximum absolute atomic E-state index is 10.9. The van der Waals surface area contributed by atoms with Crippen molar-refractivity contribution in [1.29, 1.82) is 0 Å². The lowest BCUT2D eigenvalue weighted by molar-refractivity contribution is -0.136. The molecule has 4 heteroatoms. The molecular weight excluding hydrogens is 160 g/mol. The summed E-state index contributed by atoms with van der Waals surface area (Å²) in [7, 11) is 0. The van der Waals surface area contributed by atoms with Crippen molar-refractivity contribution in [2.45, 2.75) is 20.3 Å². The predicted octanol–water partition coefficient (Wildman–Crippen LogP) is 1.13. The number of carbonyl (C=O) groups excluding carboxylic acids is 1. The first-order valence-corrected chi connectivity index (χ1v) is 3.60. The van der Waals surface area contributed by atoms with E-state index in [1.54, 1.807) is 0 Å². The number of allylic oxidation sites excluding steroid dienone is 1. The van der Waals surface area contributed by atoms with Crippen LogP contribution in [0.5, 0.6) is 0 Å². The zero-order chi connectivity index (χ0) is 9.72. The monoisotopic (exact) mass is 172 g/mol. The van der Waals surface area contributed by atoms with Gasteiger partial charge in [-0.3, -0.25) is 4.79 Å². The van der Waals surface area contributed by atoms with Crippen molar-refractivity contribution in [3.8, 4) is 0 Å². The van der Waals surface area contributed by atoms with Crippen LogP contribution in [0.4, 0.5) is 0 Å². The van der Waals surface area contributed by atoms with Gasteiger partial charge in [0.2, 0.25) is 5.76 Å². The number of hydrogen-bond donors (Lipinski definition) is 2. The molecule has 0 aromatic carbocycles. The van der Waals surface area contributed by atoms with Gasteiger partial charge in [-0.2, -0.15) is 0 Å². The van der Waals surface area contributed by atoms with Gasteiger partial charge < -0.3 is 10.2 Å². The largest absolute Gasteiger partial charge is 0.502 e.